The minimum Gasteiger partial charge on any atom is -0.357 e. The second kappa shape index (κ2) is 12.9. The van der Waals surface area contributed by atoms with Crippen LogP contribution in [0.3, 0.4) is 0 Å². The molecule has 3 rings (SSSR count). The molecule has 6 nitrogen and oxygen atoms in total. The van der Waals surface area contributed by atoms with Gasteiger partial charge in [-0.15, -0.1) is 34.2 Å². The topological polar surface area (TPSA) is 67.1 Å². The van der Waals surface area contributed by atoms with Gasteiger partial charge in [0.05, 0.1) is 0 Å². The number of nitrogens with one attached hydrogen (secondary N) is 2. The summed E-state index contributed by atoms with van der Waals surface area (Å²) in [4.78, 5) is 4.80. The lowest BCUT2D eigenvalue weighted by atomic mass is 9.94. The van der Waals surface area contributed by atoms with E-state index in [1.165, 1.54) is 30.7 Å². The zero-order valence-electron chi connectivity index (χ0n) is 18.6. The summed E-state index contributed by atoms with van der Waals surface area (Å²) < 4.78 is 2.34. The van der Waals surface area contributed by atoms with E-state index in [4.69, 9.17) is 4.99 Å². The highest BCUT2D eigenvalue weighted by Crippen LogP contribution is 2.18. The van der Waals surface area contributed by atoms with Crippen LogP contribution >= 0.6 is 24.0 Å². The fraction of sp³-hybridized carbons (Fsp3) is 0.609. The smallest absolute Gasteiger partial charge is 0.191 e. The van der Waals surface area contributed by atoms with Crippen molar-refractivity contribution in [2.75, 3.05) is 13.1 Å². The highest BCUT2D eigenvalue weighted by atomic mass is 127. The van der Waals surface area contributed by atoms with E-state index in [0.717, 1.165) is 50.7 Å². The minimum absolute atomic E-state index is 0. The third kappa shape index (κ3) is 6.96. The molecule has 0 saturated heterocycles. The Balaban J connectivity index is 0.00000320. The van der Waals surface area contributed by atoms with Crippen molar-refractivity contribution in [2.45, 2.75) is 77.8 Å². The molecule has 166 valence electrons. The molecule has 7 heteroatoms. The Labute approximate surface area is 198 Å². The molecule has 2 aromatic rings. The van der Waals surface area contributed by atoms with Crippen molar-refractivity contribution in [1.29, 1.82) is 0 Å². The Bertz CT molecular complexity index is 773. The van der Waals surface area contributed by atoms with E-state index in [0.29, 0.717) is 12.0 Å². The minimum atomic E-state index is 0. The van der Waals surface area contributed by atoms with Gasteiger partial charge in [0.1, 0.15) is 11.6 Å². The number of fused-ring (bicyclic) bond motifs is 1. The van der Waals surface area contributed by atoms with Gasteiger partial charge < -0.3 is 15.2 Å². The quantitative estimate of drug-likeness (QED) is 0.234. The van der Waals surface area contributed by atoms with E-state index in [9.17, 15) is 0 Å². The molecule has 2 atom stereocenters. The summed E-state index contributed by atoms with van der Waals surface area (Å²) in [6.07, 6.45) is 6.76. The molecule has 0 saturated carbocycles. The lowest BCUT2D eigenvalue weighted by molar-refractivity contribution is 0.549. The van der Waals surface area contributed by atoms with Crippen molar-refractivity contribution >= 4 is 29.9 Å². The molecule has 0 bridgehead atoms. The zero-order chi connectivity index (χ0) is 20.5. The monoisotopic (exact) mass is 524 g/mol. The summed E-state index contributed by atoms with van der Waals surface area (Å²) in [6, 6.07) is 10.9. The number of hydrogen-bond acceptors (Lipinski definition) is 3. The fourth-order valence-corrected chi connectivity index (χ4v) is 3.86. The van der Waals surface area contributed by atoms with Gasteiger partial charge in [0, 0.05) is 44.4 Å². The molecule has 2 heterocycles. The molecular formula is C23H37IN6. The highest BCUT2D eigenvalue weighted by Gasteiger charge is 2.16. The van der Waals surface area contributed by atoms with Crippen LogP contribution in [-0.4, -0.2) is 39.9 Å². The summed E-state index contributed by atoms with van der Waals surface area (Å²) in [7, 11) is 0. The number of aromatic nitrogens is 3. The van der Waals surface area contributed by atoms with E-state index in [-0.39, 0.29) is 24.0 Å². The van der Waals surface area contributed by atoms with E-state index >= 15 is 0 Å². The van der Waals surface area contributed by atoms with Crippen LogP contribution in [-0.2, 0) is 19.4 Å². The number of aliphatic imine (C=N–C) groups is 1. The summed E-state index contributed by atoms with van der Waals surface area (Å²) in [6.45, 7) is 9.29. The van der Waals surface area contributed by atoms with Crippen molar-refractivity contribution in [1.82, 2.24) is 25.4 Å². The lowest BCUT2D eigenvalue weighted by Gasteiger charge is -2.24. The van der Waals surface area contributed by atoms with Crippen LogP contribution in [0.4, 0.5) is 0 Å². The first-order valence-corrected chi connectivity index (χ1v) is 11.2. The van der Waals surface area contributed by atoms with Gasteiger partial charge in [-0.1, -0.05) is 43.7 Å². The highest BCUT2D eigenvalue weighted by molar-refractivity contribution is 14.0. The molecule has 0 amide bonds. The van der Waals surface area contributed by atoms with E-state index in [2.05, 4.69) is 76.5 Å². The van der Waals surface area contributed by atoms with Crippen LogP contribution in [0, 0.1) is 0 Å². The number of aryl methyl sites for hydroxylation is 2. The van der Waals surface area contributed by atoms with Gasteiger partial charge in [0.15, 0.2) is 5.96 Å². The summed E-state index contributed by atoms with van der Waals surface area (Å²) >= 11 is 0. The Hall–Kier alpha value is -1.64. The zero-order valence-corrected chi connectivity index (χ0v) is 20.9. The molecule has 30 heavy (non-hydrogen) atoms. The van der Waals surface area contributed by atoms with Crippen molar-refractivity contribution in [3.63, 3.8) is 0 Å². The van der Waals surface area contributed by atoms with Gasteiger partial charge in [-0.05, 0) is 38.7 Å². The third-order valence-corrected chi connectivity index (χ3v) is 5.80. The maximum atomic E-state index is 4.80. The van der Waals surface area contributed by atoms with Gasteiger partial charge in [0.25, 0.3) is 0 Å². The number of rotatable bonds is 8. The molecule has 2 N–H and O–H groups in total. The standard InChI is InChI=1S/C23H36N6.HI/c1-4-24-23(26-19(3)18(2)20-12-7-5-8-13-20)25-16-11-15-22-28-27-21-14-9-6-10-17-29(21)22;/h5,7-8,12-13,18-19H,4,6,9-11,14-17H2,1-3H3,(H2,24,25,26);1H. The first-order valence-electron chi connectivity index (χ1n) is 11.2. The third-order valence-electron chi connectivity index (χ3n) is 5.80. The largest absolute Gasteiger partial charge is 0.357 e. The van der Waals surface area contributed by atoms with Crippen LogP contribution in [0.5, 0.6) is 0 Å². The van der Waals surface area contributed by atoms with Gasteiger partial charge in [-0.3, -0.25) is 4.99 Å². The maximum Gasteiger partial charge on any atom is 0.191 e. The summed E-state index contributed by atoms with van der Waals surface area (Å²) in [5.74, 6) is 3.59. The van der Waals surface area contributed by atoms with Crippen molar-refractivity contribution in [3.05, 3.63) is 47.5 Å². The fourth-order valence-electron chi connectivity index (χ4n) is 3.86. The number of nitrogens with zero attached hydrogens (tertiary/aromatic N) is 4. The molecule has 0 aliphatic carbocycles. The molecule has 0 radical (unpaired) electrons. The van der Waals surface area contributed by atoms with Crippen molar-refractivity contribution in [2.24, 2.45) is 4.99 Å². The van der Waals surface area contributed by atoms with Crippen LogP contribution < -0.4 is 10.6 Å². The second-order valence-electron chi connectivity index (χ2n) is 7.99. The molecule has 1 aromatic carbocycles. The lowest BCUT2D eigenvalue weighted by Crippen LogP contribution is -2.44. The first kappa shape index (κ1) is 24.6. The van der Waals surface area contributed by atoms with Gasteiger partial charge >= 0.3 is 0 Å². The van der Waals surface area contributed by atoms with Crippen LogP contribution in [0.1, 0.15) is 69.6 Å². The van der Waals surface area contributed by atoms with Crippen LogP contribution in [0.2, 0.25) is 0 Å². The average Bonchev–Trinajstić information content (AvgIpc) is 2.97. The Morgan fingerprint density at radius 3 is 2.70 bits per heavy atom. The predicted octanol–water partition coefficient (Wildman–Crippen LogP) is 4.30. The predicted molar refractivity (Wildman–Crippen MR) is 135 cm³/mol. The Morgan fingerprint density at radius 1 is 1.13 bits per heavy atom. The SMILES string of the molecule is CCNC(=NCCCc1nnc2n1CCCCC2)NC(C)C(C)c1ccccc1.I. The average molecular weight is 524 g/mol. The molecule has 1 aliphatic rings. The number of halogens is 1. The van der Waals surface area contributed by atoms with Crippen LogP contribution in [0.15, 0.2) is 35.3 Å². The van der Waals surface area contributed by atoms with E-state index < -0.39 is 0 Å². The maximum absolute atomic E-state index is 4.80. The normalized spacial score (nSPS) is 16.0. The van der Waals surface area contributed by atoms with Gasteiger partial charge in [-0.25, -0.2) is 0 Å². The number of guanidine groups is 1. The number of benzene rings is 1. The van der Waals surface area contributed by atoms with E-state index in [1.807, 2.05) is 0 Å². The molecule has 0 spiro atoms. The molecule has 1 aliphatic heterocycles. The molecule has 2 unspecified atom stereocenters. The van der Waals surface area contributed by atoms with E-state index in [1.54, 1.807) is 0 Å². The van der Waals surface area contributed by atoms with Gasteiger partial charge in [-0.2, -0.15) is 0 Å². The van der Waals surface area contributed by atoms with Gasteiger partial charge in [0.2, 0.25) is 0 Å². The Kier molecular flexibility index (Phi) is 10.6. The van der Waals surface area contributed by atoms with Crippen molar-refractivity contribution in [3.8, 4) is 0 Å². The first-order chi connectivity index (χ1) is 14.2. The van der Waals surface area contributed by atoms with Crippen molar-refractivity contribution < 1.29 is 0 Å². The summed E-state index contributed by atoms with van der Waals surface area (Å²) in [5, 5.41) is 15.8. The molecular weight excluding hydrogens is 487 g/mol. The van der Waals surface area contributed by atoms with Crippen LogP contribution in [0.25, 0.3) is 0 Å². The second-order valence-corrected chi connectivity index (χ2v) is 7.99. The number of hydrogen-bond donors (Lipinski definition) is 2. The Morgan fingerprint density at radius 2 is 1.93 bits per heavy atom. The molecule has 1 aromatic heterocycles. The summed E-state index contributed by atoms with van der Waals surface area (Å²) in [5.41, 5.74) is 1.34. The molecule has 0 fully saturated rings.